The second-order valence-electron chi connectivity index (χ2n) is 6.31. The van der Waals surface area contributed by atoms with Crippen LogP contribution in [0.2, 0.25) is 0 Å². The molecular weight excluding hydrogens is 432 g/mol. The fourth-order valence-corrected chi connectivity index (χ4v) is 4.06. The molecule has 1 heterocycles. The van der Waals surface area contributed by atoms with E-state index in [2.05, 4.69) is 10.1 Å². The molecule has 0 spiro atoms. The van der Waals surface area contributed by atoms with Crippen molar-refractivity contribution in [1.82, 2.24) is 5.32 Å². The van der Waals surface area contributed by atoms with Crippen LogP contribution < -0.4 is 15.8 Å². The second-order valence-corrected chi connectivity index (χ2v) is 8.19. The number of carbonyl (C=O) groups excluding carboxylic acids is 2. The van der Waals surface area contributed by atoms with Crippen molar-refractivity contribution in [2.45, 2.75) is 24.1 Å². The van der Waals surface area contributed by atoms with Gasteiger partial charge in [0.1, 0.15) is 21.9 Å². The Hall–Kier alpha value is -2.13. The average Bonchev–Trinajstić information content (AvgIpc) is 3.01. The van der Waals surface area contributed by atoms with E-state index in [-0.39, 0.29) is 23.6 Å². The molecule has 2 aromatic carbocycles. The van der Waals surface area contributed by atoms with E-state index < -0.39 is 12.0 Å². The number of halogens is 1. The number of thioether (sulfide) groups is 1. The molecule has 0 aromatic heterocycles. The van der Waals surface area contributed by atoms with Gasteiger partial charge in [-0.15, -0.1) is 12.4 Å². The highest BCUT2D eigenvalue weighted by Crippen LogP contribution is 2.26. The normalized spacial score (nSPS) is 16.6. The van der Waals surface area contributed by atoms with E-state index in [1.165, 1.54) is 18.9 Å². The number of rotatable bonds is 7. The fraction of sp³-hybridized carbons (Fsp3) is 0.250. The molecule has 0 aliphatic carbocycles. The molecule has 0 bridgehead atoms. The number of nitrogens with one attached hydrogen (secondary N) is 1. The van der Waals surface area contributed by atoms with Gasteiger partial charge in [-0.3, -0.25) is 9.59 Å². The largest absolute Gasteiger partial charge is 0.468 e. The summed E-state index contributed by atoms with van der Waals surface area (Å²) in [7, 11) is 1.32. The van der Waals surface area contributed by atoms with Crippen LogP contribution in [0.5, 0.6) is 11.5 Å². The Morgan fingerprint density at radius 1 is 1.14 bits per heavy atom. The molecule has 1 aliphatic rings. The van der Waals surface area contributed by atoms with Crippen molar-refractivity contribution >= 4 is 52.6 Å². The van der Waals surface area contributed by atoms with Crippen LogP contribution in [0.15, 0.2) is 48.5 Å². The predicted molar refractivity (Wildman–Crippen MR) is 120 cm³/mol. The molecule has 0 radical (unpaired) electrons. The molecule has 1 amide bonds. The molecule has 1 saturated heterocycles. The highest BCUT2D eigenvalue weighted by molar-refractivity contribution is 8.24. The van der Waals surface area contributed by atoms with Gasteiger partial charge in [0, 0.05) is 0 Å². The first-order valence-corrected chi connectivity index (χ1v) is 9.94. The summed E-state index contributed by atoms with van der Waals surface area (Å²) >= 11 is 6.40. The average molecular weight is 453 g/mol. The van der Waals surface area contributed by atoms with E-state index in [4.69, 9.17) is 22.7 Å². The van der Waals surface area contributed by atoms with Crippen LogP contribution in [-0.2, 0) is 27.2 Å². The van der Waals surface area contributed by atoms with Crippen molar-refractivity contribution in [3.05, 3.63) is 59.7 Å². The van der Waals surface area contributed by atoms with E-state index in [1.54, 1.807) is 0 Å². The van der Waals surface area contributed by atoms with Crippen molar-refractivity contribution in [1.29, 1.82) is 0 Å². The van der Waals surface area contributed by atoms with Gasteiger partial charge < -0.3 is 20.5 Å². The molecule has 1 fully saturated rings. The van der Waals surface area contributed by atoms with Gasteiger partial charge >= 0.3 is 5.97 Å². The summed E-state index contributed by atoms with van der Waals surface area (Å²) in [5.74, 6) is 0.902. The minimum atomic E-state index is -0.682. The monoisotopic (exact) mass is 452 g/mol. The maximum Gasteiger partial charge on any atom is 0.322 e. The summed E-state index contributed by atoms with van der Waals surface area (Å²) in [5, 5.41) is 2.48. The first-order chi connectivity index (χ1) is 13.4. The topological polar surface area (TPSA) is 90.7 Å². The first kappa shape index (κ1) is 23.2. The van der Waals surface area contributed by atoms with Gasteiger partial charge in [0.15, 0.2) is 0 Å². The lowest BCUT2D eigenvalue weighted by Crippen LogP contribution is -2.33. The fourth-order valence-electron chi connectivity index (χ4n) is 2.75. The Morgan fingerprint density at radius 3 is 2.17 bits per heavy atom. The lowest BCUT2D eigenvalue weighted by atomic mass is 10.1. The van der Waals surface area contributed by atoms with Crippen molar-refractivity contribution in [3.63, 3.8) is 0 Å². The van der Waals surface area contributed by atoms with Crippen LogP contribution in [0.4, 0.5) is 0 Å². The SMILES string of the molecule is COC(=O)C(N)Cc1ccc(Oc2ccc(CC3SC(=S)NC3=O)cc2)cc1.Cl. The van der Waals surface area contributed by atoms with Crippen molar-refractivity contribution < 1.29 is 19.1 Å². The smallest absolute Gasteiger partial charge is 0.322 e. The zero-order valence-electron chi connectivity index (χ0n) is 15.6. The molecule has 9 heteroatoms. The van der Waals surface area contributed by atoms with Gasteiger partial charge in [-0.1, -0.05) is 48.2 Å². The molecule has 29 heavy (non-hydrogen) atoms. The molecule has 2 atom stereocenters. The van der Waals surface area contributed by atoms with E-state index in [9.17, 15) is 9.59 Å². The van der Waals surface area contributed by atoms with Gasteiger partial charge in [-0.25, -0.2) is 0 Å². The number of methoxy groups -OCH3 is 1. The Morgan fingerprint density at radius 2 is 1.69 bits per heavy atom. The number of hydrogen-bond acceptors (Lipinski definition) is 7. The zero-order chi connectivity index (χ0) is 20.1. The number of benzene rings is 2. The first-order valence-electron chi connectivity index (χ1n) is 8.65. The molecule has 6 nitrogen and oxygen atoms in total. The zero-order valence-corrected chi connectivity index (χ0v) is 18.1. The van der Waals surface area contributed by atoms with Crippen molar-refractivity contribution in [2.24, 2.45) is 5.73 Å². The molecule has 3 N–H and O–H groups in total. The molecular formula is C20H21ClN2O4S2. The second kappa shape index (κ2) is 10.6. The van der Waals surface area contributed by atoms with Gasteiger partial charge in [0.05, 0.1) is 12.4 Å². The number of amides is 1. The Bertz CT molecular complexity index is 875. The van der Waals surface area contributed by atoms with Crippen LogP contribution in [0.3, 0.4) is 0 Å². The third kappa shape index (κ3) is 6.43. The summed E-state index contributed by atoms with van der Waals surface area (Å²) in [5.41, 5.74) is 7.73. The minimum absolute atomic E-state index is 0. The maximum atomic E-state index is 11.8. The maximum absolute atomic E-state index is 11.8. The molecule has 0 saturated carbocycles. The Balaban J connectivity index is 0.00000300. The minimum Gasteiger partial charge on any atom is -0.468 e. The van der Waals surface area contributed by atoms with Crippen molar-refractivity contribution in [2.75, 3.05) is 7.11 Å². The quantitative estimate of drug-likeness (QED) is 0.493. The predicted octanol–water partition coefficient (Wildman–Crippen LogP) is 3.00. The molecule has 1 aliphatic heterocycles. The lowest BCUT2D eigenvalue weighted by molar-refractivity contribution is -0.142. The number of ether oxygens (including phenoxy) is 2. The third-order valence-electron chi connectivity index (χ3n) is 4.23. The summed E-state index contributed by atoms with van der Waals surface area (Å²) < 4.78 is 11.0. The van der Waals surface area contributed by atoms with Crippen LogP contribution >= 0.6 is 36.4 Å². The van der Waals surface area contributed by atoms with Gasteiger partial charge in [-0.2, -0.15) is 0 Å². The third-order valence-corrected chi connectivity index (χ3v) is 5.60. The van der Waals surface area contributed by atoms with Crippen LogP contribution in [0.25, 0.3) is 0 Å². The van der Waals surface area contributed by atoms with Gasteiger partial charge in [0.2, 0.25) is 5.91 Å². The summed E-state index contributed by atoms with van der Waals surface area (Å²) in [6.45, 7) is 0. The number of thiocarbonyl (C=S) groups is 1. The molecule has 3 rings (SSSR count). The number of carbonyl (C=O) groups is 2. The number of hydrogen-bond donors (Lipinski definition) is 2. The Labute approximate surface area is 184 Å². The van der Waals surface area contributed by atoms with Crippen molar-refractivity contribution in [3.8, 4) is 11.5 Å². The van der Waals surface area contributed by atoms with E-state index in [0.717, 1.165) is 11.1 Å². The standard InChI is InChI=1S/C20H20N2O4S2.ClH/c1-25-19(24)16(21)10-12-2-6-14(7-3-12)26-15-8-4-13(5-9-15)11-17-18(23)22-20(27)28-17;/h2-9,16-17H,10-11,21H2,1H3,(H,22,23,27);1H. The van der Waals surface area contributed by atoms with Gasteiger partial charge in [-0.05, 0) is 48.2 Å². The summed E-state index contributed by atoms with van der Waals surface area (Å²) in [6.07, 6.45) is 1.02. The van der Waals surface area contributed by atoms with E-state index >= 15 is 0 Å². The highest BCUT2D eigenvalue weighted by Gasteiger charge is 2.28. The lowest BCUT2D eigenvalue weighted by Gasteiger charge is -2.11. The number of esters is 1. The van der Waals surface area contributed by atoms with E-state index in [1.807, 2.05) is 48.5 Å². The van der Waals surface area contributed by atoms with Crippen LogP contribution in [-0.4, -0.2) is 34.6 Å². The summed E-state index contributed by atoms with van der Waals surface area (Å²) in [6, 6.07) is 14.3. The molecule has 2 unspecified atom stereocenters. The molecule has 2 aromatic rings. The van der Waals surface area contributed by atoms with Gasteiger partial charge in [0.25, 0.3) is 0 Å². The van der Waals surface area contributed by atoms with E-state index in [0.29, 0.717) is 28.7 Å². The molecule has 154 valence electrons. The number of nitrogens with two attached hydrogens (primary N) is 1. The van der Waals surface area contributed by atoms with Crippen LogP contribution in [0.1, 0.15) is 11.1 Å². The summed E-state index contributed by atoms with van der Waals surface area (Å²) in [4.78, 5) is 23.2. The highest BCUT2D eigenvalue weighted by atomic mass is 35.5. The Kier molecular flexibility index (Phi) is 8.45. The van der Waals surface area contributed by atoms with Crippen LogP contribution in [0, 0.1) is 0 Å².